The maximum Gasteiger partial charge on any atom is 0.127 e. The summed E-state index contributed by atoms with van der Waals surface area (Å²) in [5.41, 5.74) is 8.12. The minimum absolute atomic E-state index is 0.136. The molecule has 0 spiro atoms. The predicted molar refractivity (Wildman–Crippen MR) is 73.9 cm³/mol. The summed E-state index contributed by atoms with van der Waals surface area (Å²) < 4.78 is 13.9. The van der Waals surface area contributed by atoms with Crippen LogP contribution >= 0.6 is 0 Å². The van der Waals surface area contributed by atoms with Crippen LogP contribution in [0.4, 0.5) is 4.39 Å². The number of nitrogens with two attached hydrogens (primary N) is 1. The van der Waals surface area contributed by atoms with Crippen molar-refractivity contribution in [3.8, 4) is 0 Å². The van der Waals surface area contributed by atoms with Gasteiger partial charge in [0.1, 0.15) is 5.82 Å². The van der Waals surface area contributed by atoms with Gasteiger partial charge in [-0.1, -0.05) is 49.8 Å². The Morgan fingerprint density at radius 3 is 2.39 bits per heavy atom. The summed E-state index contributed by atoms with van der Waals surface area (Å²) in [7, 11) is 0. The first kappa shape index (κ1) is 13.5. The van der Waals surface area contributed by atoms with Gasteiger partial charge in [-0.05, 0) is 31.7 Å². The molecule has 1 aromatic rings. The minimum atomic E-state index is -0.143. The van der Waals surface area contributed by atoms with Crippen molar-refractivity contribution in [1.82, 2.24) is 0 Å². The third-order valence-electron chi connectivity index (χ3n) is 4.17. The minimum Gasteiger partial charge on any atom is -0.324 e. The van der Waals surface area contributed by atoms with Crippen LogP contribution in [0.5, 0.6) is 0 Å². The van der Waals surface area contributed by atoms with Crippen LogP contribution in [0.15, 0.2) is 18.2 Å². The van der Waals surface area contributed by atoms with Crippen molar-refractivity contribution in [2.75, 3.05) is 0 Å². The second-order valence-electron chi connectivity index (χ2n) is 5.66. The molecule has 1 nitrogen and oxygen atoms in total. The van der Waals surface area contributed by atoms with Crippen molar-refractivity contribution < 1.29 is 4.39 Å². The predicted octanol–water partition coefficient (Wildman–Crippen LogP) is 4.49. The first-order valence-corrected chi connectivity index (χ1v) is 7.20. The Morgan fingerprint density at radius 1 is 1.11 bits per heavy atom. The van der Waals surface area contributed by atoms with E-state index in [0.717, 1.165) is 18.4 Å². The number of aryl methyl sites for hydroxylation is 1. The lowest BCUT2D eigenvalue weighted by Crippen LogP contribution is -2.23. The molecular weight excluding hydrogens is 225 g/mol. The molecule has 0 amide bonds. The Hall–Kier alpha value is -0.890. The molecule has 0 heterocycles. The monoisotopic (exact) mass is 249 g/mol. The molecule has 0 aliphatic heterocycles. The van der Waals surface area contributed by atoms with Gasteiger partial charge in [0.2, 0.25) is 0 Å². The molecule has 1 aliphatic rings. The number of rotatable bonds is 2. The van der Waals surface area contributed by atoms with Crippen molar-refractivity contribution in [2.24, 2.45) is 11.7 Å². The van der Waals surface area contributed by atoms with E-state index >= 15 is 0 Å². The van der Waals surface area contributed by atoms with Crippen molar-refractivity contribution in [3.63, 3.8) is 0 Å². The lowest BCUT2D eigenvalue weighted by atomic mass is 9.83. The summed E-state index contributed by atoms with van der Waals surface area (Å²) in [4.78, 5) is 0. The molecule has 1 atom stereocenters. The summed E-state index contributed by atoms with van der Waals surface area (Å²) in [6.45, 7) is 1.99. The van der Waals surface area contributed by atoms with E-state index in [1.54, 1.807) is 6.07 Å². The van der Waals surface area contributed by atoms with Crippen molar-refractivity contribution >= 4 is 0 Å². The maximum absolute atomic E-state index is 13.9. The molecule has 1 aliphatic carbocycles. The third kappa shape index (κ3) is 3.32. The lowest BCUT2D eigenvalue weighted by Gasteiger charge is -2.26. The van der Waals surface area contributed by atoms with Crippen LogP contribution in [0.3, 0.4) is 0 Å². The summed E-state index contributed by atoms with van der Waals surface area (Å²) in [6, 6.07) is 5.14. The van der Waals surface area contributed by atoms with Crippen LogP contribution < -0.4 is 5.73 Å². The lowest BCUT2D eigenvalue weighted by molar-refractivity contribution is 0.322. The Balaban J connectivity index is 2.12. The van der Waals surface area contributed by atoms with Crippen LogP contribution in [-0.2, 0) is 0 Å². The Morgan fingerprint density at radius 2 is 1.72 bits per heavy atom. The summed E-state index contributed by atoms with van der Waals surface area (Å²) in [5.74, 6) is 0.303. The van der Waals surface area contributed by atoms with Crippen LogP contribution in [0.2, 0.25) is 0 Å². The SMILES string of the molecule is Cc1ccc(F)c(C(N)C2CCCCCCC2)c1. The van der Waals surface area contributed by atoms with Crippen LogP contribution in [-0.4, -0.2) is 0 Å². The van der Waals surface area contributed by atoms with E-state index in [1.807, 2.05) is 19.1 Å². The molecule has 1 saturated carbocycles. The zero-order valence-corrected chi connectivity index (χ0v) is 11.3. The molecule has 2 heteroatoms. The molecule has 2 N–H and O–H groups in total. The topological polar surface area (TPSA) is 26.0 Å². The Bertz CT molecular complexity index is 381. The molecule has 18 heavy (non-hydrogen) atoms. The largest absolute Gasteiger partial charge is 0.324 e. The first-order valence-electron chi connectivity index (χ1n) is 7.20. The average molecular weight is 249 g/mol. The fourth-order valence-corrected chi connectivity index (χ4v) is 3.02. The van der Waals surface area contributed by atoms with Crippen molar-refractivity contribution in [3.05, 3.63) is 35.1 Å². The molecular formula is C16H24FN. The molecule has 100 valence electrons. The smallest absolute Gasteiger partial charge is 0.127 e. The van der Waals surface area contributed by atoms with E-state index in [-0.39, 0.29) is 11.9 Å². The van der Waals surface area contributed by atoms with Crippen LogP contribution in [0, 0.1) is 18.7 Å². The van der Waals surface area contributed by atoms with E-state index in [9.17, 15) is 4.39 Å². The number of halogens is 1. The molecule has 0 radical (unpaired) electrons. The van der Waals surface area contributed by atoms with E-state index in [1.165, 1.54) is 32.1 Å². The van der Waals surface area contributed by atoms with Gasteiger partial charge in [0.25, 0.3) is 0 Å². The highest BCUT2D eigenvalue weighted by Crippen LogP contribution is 2.32. The van der Waals surface area contributed by atoms with Gasteiger partial charge >= 0.3 is 0 Å². The van der Waals surface area contributed by atoms with Crippen LogP contribution in [0.25, 0.3) is 0 Å². The Kier molecular flexibility index (Phi) is 4.76. The summed E-state index contributed by atoms with van der Waals surface area (Å²) >= 11 is 0. The molecule has 1 unspecified atom stereocenters. The zero-order chi connectivity index (χ0) is 13.0. The molecule has 0 bridgehead atoms. The van der Waals surface area contributed by atoms with Gasteiger partial charge in [-0.3, -0.25) is 0 Å². The second-order valence-corrected chi connectivity index (χ2v) is 5.66. The van der Waals surface area contributed by atoms with Gasteiger partial charge in [-0.2, -0.15) is 0 Å². The van der Waals surface area contributed by atoms with E-state index < -0.39 is 0 Å². The first-order chi connectivity index (χ1) is 8.68. The molecule has 1 aromatic carbocycles. The molecule has 0 aromatic heterocycles. The number of hydrogen-bond acceptors (Lipinski definition) is 1. The summed E-state index contributed by atoms with van der Waals surface area (Å²) in [5, 5.41) is 0. The zero-order valence-electron chi connectivity index (χ0n) is 11.3. The number of hydrogen-bond donors (Lipinski definition) is 1. The van der Waals surface area contributed by atoms with Gasteiger partial charge < -0.3 is 5.73 Å². The van der Waals surface area contributed by atoms with Crippen LogP contribution in [0.1, 0.15) is 62.1 Å². The van der Waals surface area contributed by atoms with Gasteiger partial charge in [-0.25, -0.2) is 4.39 Å². The van der Waals surface area contributed by atoms with E-state index in [0.29, 0.717) is 11.5 Å². The van der Waals surface area contributed by atoms with Gasteiger partial charge in [-0.15, -0.1) is 0 Å². The molecule has 0 saturated heterocycles. The highest BCUT2D eigenvalue weighted by atomic mass is 19.1. The standard InChI is InChI=1S/C16H24FN/c1-12-9-10-15(17)14(11-12)16(18)13-7-5-3-2-4-6-8-13/h9-11,13,16H,2-8,18H2,1H3. The highest BCUT2D eigenvalue weighted by molar-refractivity contribution is 5.27. The Labute approximate surface area is 110 Å². The van der Waals surface area contributed by atoms with E-state index in [4.69, 9.17) is 5.73 Å². The van der Waals surface area contributed by atoms with Gasteiger partial charge in [0.05, 0.1) is 0 Å². The summed E-state index contributed by atoms with van der Waals surface area (Å²) in [6.07, 6.45) is 8.74. The van der Waals surface area contributed by atoms with Gasteiger partial charge in [0.15, 0.2) is 0 Å². The molecule has 1 fully saturated rings. The highest BCUT2D eigenvalue weighted by Gasteiger charge is 2.22. The van der Waals surface area contributed by atoms with Crippen molar-refractivity contribution in [1.29, 1.82) is 0 Å². The van der Waals surface area contributed by atoms with Gasteiger partial charge in [0, 0.05) is 11.6 Å². The quantitative estimate of drug-likeness (QED) is 0.820. The fourth-order valence-electron chi connectivity index (χ4n) is 3.02. The maximum atomic E-state index is 13.9. The average Bonchev–Trinajstić information content (AvgIpc) is 2.31. The number of benzene rings is 1. The van der Waals surface area contributed by atoms with Crippen molar-refractivity contribution in [2.45, 2.75) is 57.9 Å². The van der Waals surface area contributed by atoms with E-state index in [2.05, 4.69) is 0 Å². The second kappa shape index (κ2) is 6.33. The molecule has 2 rings (SSSR count). The fraction of sp³-hybridized carbons (Fsp3) is 0.625. The normalized spacial score (nSPS) is 20.2. The third-order valence-corrected chi connectivity index (χ3v) is 4.17.